The van der Waals surface area contributed by atoms with E-state index in [2.05, 4.69) is 5.32 Å². The van der Waals surface area contributed by atoms with E-state index in [4.69, 9.17) is 0 Å². The number of nitrogens with one attached hydrogen (secondary N) is 1. The van der Waals surface area contributed by atoms with Crippen molar-refractivity contribution in [2.24, 2.45) is 0 Å². The van der Waals surface area contributed by atoms with Crippen molar-refractivity contribution in [2.75, 3.05) is 5.32 Å². The molecule has 3 aromatic rings. The number of anilines is 1. The number of hydrogen-bond donors (Lipinski definition) is 1. The van der Waals surface area contributed by atoms with Crippen molar-refractivity contribution < 1.29 is 22.0 Å². The number of sulfone groups is 1. The Bertz CT molecular complexity index is 1040. The second kappa shape index (κ2) is 7.21. The van der Waals surface area contributed by atoms with Crippen molar-refractivity contribution in [3.05, 3.63) is 72.3 Å². The van der Waals surface area contributed by atoms with Gasteiger partial charge < -0.3 is 5.32 Å². The first-order valence-corrected chi connectivity index (χ1v) is 9.31. The van der Waals surface area contributed by atoms with Gasteiger partial charge in [-0.2, -0.15) is 8.78 Å². The van der Waals surface area contributed by atoms with Gasteiger partial charge in [0.25, 0.3) is 0 Å². The van der Waals surface area contributed by atoms with Crippen molar-refractivity contribution in [3.63, 3.8) is 0 Å². The van der Waals surface area contributed by atoms with E-state index in [1.807, 2.05) is 42.5 Å². The molecule has 134 valence electrons. The lowest BCUT2D eigenvalue weighted by Crippen LogP contribution is -2.15. The lowest BCUT2D eigenvalue weighted by molar-refractivity contribution is -0.115. The fourth-order valence-corrected chi connectivity index (χ4v) is 3.38. The van der Waals surface area contributed by atoms with Crippen LogP contribution in [-0.2, 0) is 21.1 Å². The van der Waals surface area contributed by atoms with E-state index in [9.17, 15) is 22.0 Å². The highest BCUT2D eigenvalue weighted by Gasteiger charge is 2.26. The van der Waals surface area contributed by atoms with Gasteiger partial charge in [-0.3, -0.25) is 4.79 Å². The zero-order valence-corrected chi connectivity index (χ0v) is 14.3. The number of fused-ring (bicyclic) bond motifs is 1. The molecule has 0 aromatic heterocycles. The Morgan fingerprint density at radius 1 is 0.923 bits per heavy atom. The summed E-state index contributed by atoms with van der Waals surface area (Å²) < 4.78 is 47.8. The second-order valence-corrected chi connectivity index (χ2v) is 7.61. The summed E-state index contributed by atoms with van der Waals surface area (Å²) in [5.41, 5.74) is 1.20. The smallest absolute Gasteiger partial charge is 0.326 e. The summed E-state index contributed by atoms with van der Waals surface area (Å²) in [6, 6.07) is 18.1. The summed E-state index contributed by atoms with van der Waals surface area (Å²) in [6.07, 6.45) is 0.137. The molecular weight excluding hydrogens is 360 g/mol. The van der Waals surface area contributed by atoms with E-state index >= 15 is 0 Å². The van der Waals surface area contributed by atoms with Crippen LogP contribution in [0, 0.1) is 0 Å². The number of halogens is 2. The lowest BCUT2D eigenvalue weighted by Gasteiger charge is -2.09. The molecule has 0 atom stereocenters. The van der Waals surface area contributed by atoms with Gasteiger partial charge in [-0.05, 0) is 40.6 Å². The molecule has 0 aliphatic carbocycles. The fourth-order valence-electron chi connectivity index (χ4n) is 2.66. The SMILES string of the molecule is O=C(Cc1cccc2ccccc12)Nc1ccc(S(=O)(=O)C(F)F)cc1. The molecule has 0 unspecified atom stereocenters. The minimum absolute atomic E-state index is 0.137. The molecule has 0 saturated heterocycles. The van der Waals surface area contributed by atoms with Gasteiger partial charge in [-0.15, -0.1) is 0 Å². The Hall–Kier alpha value is -2.80. The van der Waals surface area contributed by atoms with Crippen LogP contribution in [0.1, 0.15) is 5.56 Å². The number of alkyl halides is 2. The molecule has 4 nitrogen and oxygen atoms in total. The Balaban J connectivity index is 1.74. The number of hydrogen-bond acceptors (Lipinski definition) is 3. The number of carbonyl (C=O) groups is 1. The molecule has 0 radical (unpaired) electrons. The monoisotopic (exact) mass is 375 g/mol. The highest BCUT2D eigenvalue weighted by atomic mass is 32.2. The summed E-state index contributed by atoms with van der Waals surface area (Å²) in [7, 11) is -4.64. The van der Waals surface area contributed by atoms with Crippen LogP contribution in [0.25, 0.3) is 10.8 Å². The van der Waals surface area contributed by atoms with E-state index in [1.165, 1.54) is 12.1 Å². The summed E-state index contributed by atoms with van der Waals surface area (Å²) in [5, 5.41) is 4.64. The quantitative estimate of drug-likeness (QED) is 0.733. The fraction of sp³-hybridized carbons (Fsp3) is 0.105. The maximum atomic E-state index is 12.5. The molecule has 0 heterocycles. The normalized spacial score (nSPS) is 11.7. The molecule has 1 N–H and O–H groups in total. The van der Waals surface area contributed by atoms with Gasteiger partial charge in [-0.25, -0.2) is 8.42 Å². The molecule has 0 aliphatic heterocycles. The van der Waals surface area contributed by atoms with Crippen LogP contribution in [-0.4, -0.2) is 20.1 Å². The largest absolute Gasteiger partial charge is 0.341 e. The zero-order chi connectivity index (χ0) is 18.7. The Morgan fingerprint density at radius 3 is 2.27 bits per heavy atom. The lowest BCUT2D eigenvalue weighted by atomic mass is 10.0. The molecule has 26 heavy (non-hydrogen) atoms. The van der Waals surface area contributed by atoms with E-state index in [0.717, 1.165) is 28.5 Å². The minimum atomic E-state index is -4.64. The number of carbonyl (C=O) groups excluding carboxylic acids is 1. The average Bonchev–Trinajstić information content (AvgIpc) is 2.62. The van der Waals surface area contributed by atoms with Gasteiger partial charge in [0.1, 0.15) is 0 Å². The van der Waals surface area contributed by atoms with Crippen molar-refractivity contribution >= 4 is 32.2 Å². The zero-order valence-electron chi connectivity index (χ0n) is 13.5. The van der Waals surface area contributed by atoms with Gasteiger partial charge in [-0.1, -0.05) is 42.5 Å². The third kappa shape index (κ3) is 3.72. The van der Waals surface area contributed by atoms with E-state index < -0.39 is 20.5 Å². The van der Waals surface area contributed by atoms with Crippen LogP contribution < -0.4 is 5.32 Å². The maximum absolute atomic E-state index is 12.5. The third-order valence-corrected chi connectivity index (χ3v) is 5.33. The van der Waals surface area contributed by atoms with Crippen LogP contribution in [0.15, 0.2) is 71.6 Å². The number of amides is 1. The van der Waals surface area contributed by atoms with Crippen molar-refractivity contribution in [1.29, 1.82) is 0 Å². The third-order valence-electron chi connectivity index (χ3n) is 3.93. The van der Waals surface area contributed by atoms with Gasteiger partial charge in [0, 0.05) is 5.69 Å². The molecule has 1 amide bonds. The molecule has 0 aliphatic rings. The van der Waals surface area contributed by atoms with Crippen LogP contribution in [0.4, 0.5) is 14.5 Å². The predicted molar refractivity (Wildman–Crippen MR) is 95.9 cm³/mol. The first-order valence-electron chi connectivity index (χ1n) is 7.76. The molecule has 0 fully saturated rings. The summed E-state index contributed by atoms with van der Waals surface area (Å²) in [6.45, 7) is 0. The Kier molecular flexibility index (Phi) is 4.99. The van der Waals surface area contributed by atoms with Crippen molar-refractivity contribution in [1.82, 2.24) is 0 Å². The Labute approximate surface area is 149 Å². The highest BCUT2D eigenvalue weighted by molar-refractivity contribution is 7.91. The van der Waals surface area contributed by atoms with Crippen molar-refractivity contribution in [3.8, 4) is 0 Å². The van der Waals surface area contributed by atoms with Gasteiger partial charge in [0.15, 0.2) is 0 Å². The maximum Gasteiger partial charge on any atom is 0.341 e. The van der Waals surface area contributed by atoms with Crippen molar-refractivity contribution in [2.45, 2.75) is 17.1 Å². The van der Waals surface area contributed by atoms with Crippen LogP contribution in [0.3, 0.4) is 0 Å². The molecule has 3 rings (SSSR count). The van der Waals surface area contributed by atoms with Gasteiger partial charge in [0.2, 0.25) is 15.7 Å². The molecule has 3 aromatic carbocycles. The predicted octanol–water partition coefficient (Wildman–Crippen LogP) is 4.02. The molecule has 0 bridgehead atoms. The summed E-state index contributed by atoms with van der Waals surface area (Å²) in [4.78, 5) is 11.8. The topological polar surface area (TPSA) is 63.2 Å². The standard InChI is InChI=1S/C19H15F2NO3S/c20-19(21)26(24,25)16-10-8-15(9-11-16)22-18(23)12-14-6-3-5-13-4-1-2-7-17(13)14/h1-11,19H,12H2,(H,22,23). The highest BCUT2D eigenvalue weighted by Crippen LogP contribution is 2.21. The number of benzene rings is 3. The van der Waals surface area contributed by atoms with E-state index in [1.54, 1.807) is 0 Å². The molecule has 7 heteroatoms. The van der Waals surface area contributed by atoms with Gasteiger partial charge in [0.05, 0.1) is 11.3 Å². The van der Waals surface area contributed by atoms with Crippen LogP contribution in [0.5, 0.6) is 0 Å². The van der Waals surface area contributed by atoms with E-state index in [-0.39, 0.29) is 12.3 Å². The summed E-state index contributed by atoms with van der Waals surface area (Å²) >= 11 is 0. The first-order chi connectivity index (χ1) is 12.4. The molecule has 0 spiro atoms. The first kappa shape index (κ1) is 18.0. The summed E-state index contributed by atoms with van der Waals surface area (Å²) in [5.74, 6) is -3.76. The second-order valence-electron chi connectivity index (χ2n) is 5.69. The minimum Gasteiger partial charge on any atom is -0.326 e. The van der Waals surface area contributed by atoms with Gasteiger partial charge >= 0.3 is 5.76 Å². The van der Waals surface area contributed by atoms with E-state index in [0.29, 0.717) is 5.69 Å². The average molecular weight is 375 g/mol. The Morgan fingerprint density at radius 2 is 1.58 bits per heavy atom. The van der Waals surface area contributed by atoms with Crippen LogP contribution in [0.2, 0.25) is 0 Å². The number of rotatable bonds is 5. The van der Waals surface area contributed by atoms with Crippen LogP contribution >= 0.6 is 0 Å². The molecule has 0 saturated carbocycles. The molecular formula is C19H15F2NO3S.